The molecule has 23 heavy (non-hydrogen) atoms. The summed E-state index contributed by atoms with van der Waals surface area (Å²) in [4.78, 5) is 0.271. The minimum Gasteiger partial charge on any atom is -0.486 e. The Kier molecular flexibility index (Phi) is 4.28. The average Bonchev–Trinajstić information content (AvgIpc) is 2.53. The zero-order valence-corrected chi connectivity index (χ0v) is 13.9. The molecule has 0 spiro atoms. The van der Waals surface area contributed by atoms with Crippen molar-refractivity contribution in [1.29, 1.82) is 0 Å². The Morgan fingerprint density at radius 2 is 1.74 bits per heavy atom. The number of aryl methyl sites for hydroxylation is 2. The van der Waals surface area contributed by atoms with Gasteiger partial charge in [0.15, 0.2) is 11.5 Å². The standard InChI is InChI=1S/C17H19NO4S/c1-12-4-3-5-15(8-12)23(19,20)18-11-14-10-17-16(9-13(14)2)21-6-7-22-17/h3-5,8-10,18H,6-7,11H2,1-2H3. The molecule has 0 radical (unpaired) electrons. The van der Waals surface area contributed by atoms with Crippen LogP contribution in [0.5, 0.6) is 11.5 Å². The molecule has 5 nitrogen and oxygen atoms in total. The van der Waals surface area contributed by atoms with Crippen LogP contribution in [-0.2, 0) is 16.6 Å². The monoisotopic (exact) mass is 333 g/mol. The average molecular weight is 333 g/mol. The van der Waals surface area contributed by atoms with Crippen molar-refractivity contribution < 1.29 is 17.9 Å². The summed E-state index contributed by atoms with van der Waals surface area (Å²) in [6, 6.07) is 10.6. The van der Waals surface area contributed by atoms with Crippen molar-refractivity contribution in [2.24, 2.45) is 0 Å². The fourth-order valence-corrected chi connectivity index (χ4v) is 3.57. The number of fused-ring (bicyclic) bond motifs is 1. The largest absolute Gasteiger partial charge is 0.486 e. The maximum Gasteiger partial charge on any atom is 0.240 e. The Hall–Kier alpha value is -2.05. The molecule has 6 heteroatoms. The van der Waals surface area contributed by atoms with Gasteiger partial charge in [-0.3, -0.25) is 0 Å². The third-order valence-electron chi connectivity index (χ3n) is 3.75. The van der Waals surface area contributed by atoms with Crippen LogP contribution >= 0.6 is 0 Å². The minimum atomic E-state index is -3.54. The predicted molar refractivity (Wildman–Crippen MR) is 87.4 cm³/mol. The van der Waals surface area contributed by atoms with E-state index in [1.165, 1.54) is 0 Å². The number of ether oxygens (including phenoxy) is 2. The lowest BCUT2D eigenvalue weighted by Crippen LogP contribution is -2.24. The Morgan fingerprint density at radius 3 is 2.43 bits per heavy atom. The van der Waals surface area contributed by atoms with Gasteiger partial charge in [-0.1, -0.05) is 12.1 Å². The van der Waals surface area contributed by atoms with E-state index < -0.39 is 10.0 Å². The fourth-order valence-electron chi connectivity index (χ4n) is 2.46. The van der Waals surface area contributed by atoms with Gasteiger partial charge in [0.1, 0.15) is 13.2 Å². The molecule has 1 aliphatic rings. The fraction of sp³-hybridized carbons (Fsp3) is 0.294. The number of rotatable bonds is 4. The van der Waals surface area contributed by atoms with E-state index in [4.69, 9.17) is 9.47 Å². The van der Waals surface area contributed by atoms with Gasteiger partial charge in [0.2, 0.25) is 10.0 Å². The van der Waals surface area contributed by atoms with Crippen LogP contribution < -0.4 is 14.2 Å². The third kappa shape index (κ3) is 3.48. The zero-order chi connectivity index (χ0) is 16.4. The topological polar surface area (TPSA) is 64.6 Å². The number of hydrogen-bond acceptors (Lipinski definition) is 4. The van der Waals surface area contributed by atoms with E-state index in [0.29, 0.717) is 24.7 Å². The summed E-state index contributed by atoms with van der Waals surface area (Å²) in [5, 5.41) is 0. The molecule has 2 aromatic carbocycles. The van der Waals surface area contributed by atoms with Gasteiger partial charge in [0.05, 0.1) is 4.90 Å². The van der Waals surface area contributed by atoms with Gasteiger partial charge < -0.3 is 9.47 Å². The second kappa shape index (κ2) is 6.22. The quantitative estimate of drug-likeness (QED) is 0.934. The van der Waals surface area contributed by atoms with E-state index in [0.717, 1.165) is 16.7 Å². The molecule has 2 aromatic rings. The Balaban J connectivity index is 1.80. The predicted octanol–water partition coefficient (Wildman–Crippen LogP) is 2.55. The van der Waals surface area contributed by atoms with Crippen molar-refractivity contribution in [1.82, 2.24) is 4.72 Å². The first kappa shape index (κ1) is 15.8. The normalized spacial score (nSPS) is 13.8. The lowest BCUT2D eigenvalue weighted by molar-refractivity contribution is 0.171. The molecule has 0 amide bonds. The summed E-state index contributed by atoms with van der Waals surface area (Å²) < 4.78 is 38.5. The van der Waals surface area contributed by atoms with Crippen LogP contribution in [0.25, 0.3) is 0 Å². The first-order valence-electron chi connectivity index (χ1n) is 7.41. The molecule has 0 saturated heterocycles. The summed E-state index contributed by atoms with van der Waals surface area (Å²) in [5.41, 5.74) is 2.73. The highest BCUT2D eigenvalue weighted by atomic mass is 32.2. The SMILES string of the molecule is Cc1cccc(S(=O)(=O)NCc2cc3c(cc2C)OCCO3)c1. The lowest BCUT2D eigenvalue weighted by Gasteiger charge is -2.20. The summed E-state index contributed by atoms with van der Waals surface area (Å²) in [6.07, 6.45) is 0. The van der Waals surface area contributed by atoms with Crippen LogP contribution in [0.3, 0.4) is 0 Å². The Bertz CT molecular complexity index is 830. The van der Waals surface area contributed by atoms with Crippen LogP contribution in [0.2, 0.25) is 0 Å². The van der Waals surface area contributed by atoms with Gasteiger partial charge in [-0.05, 0) is 54.8 Å². The van der Waals surface area contributed by atoms with E-state index in [2.05, 4.69) is 4.72 Å². The van der Waals surface area contributed by atoms with Crippen molar-refractivity contribution in [3.8, 4) is 11.5 Å². The summed E-state index contributed by atoms with van der Waals surface area (Å²) in [5.74, 6) is 1.37. The maximum atomic E-state index is 12.4. The highest BCUT2D eigenvalue weighted by Gasteiger charge is 2.17. The maximum absolute atomic E-state index is 12.4. The van der Waals surface area contributed by atoms with Gasteiger partial charge in [-0.2, -0.15) is 0 Å². The molecule has 122 valence electrons. The molecule has 0 aliphatic carbocycles. The second-order valence-corrected chi connectivity index (χ2v) is 7.33. The van der Waals surface area contributed by atoms with Crippen LogP contribution in [0.4, 0.5) is 0 Å². The smallest absolute Gasteiger partial charge is 0.240 e. The molecule has 0 saturated carbocycles. The van der Waals surface area contributed by atoms with Crippen LogP contribution in [0, 0.1) is 13.8 Å². The van der Waals surface area contributed by atoms with Crippen LogP contribution in [0.15, 0.2) is 41.3 Å². The molecule has 3 rings (SSSR count). The minimum absolute atomic E-state index is 0.207. The van der Waals surface area contributed by atoms with E-state index in [-0.39, 0.29) is 11.4 Å². The number of nitrogens with one attached hydrogen (secondary N) is 1. The third-order valence-corrected chi connectivity index (χ3v) is 5.15. The van der Waals surface area contributed by atoms with E-state index in [9.17, 15) is 8.42 Å². The summed E-state index contributed by atoms with van der Waals surface area (Å²) in [7, 11) is -3.54. The van der Waals surface area contributed by atoms with Gasteiger partial charge in [0.25, 0.3) is 0 Å². The Labute approximate surface area is 136 Å². The van der Waals surface area contributed by atoms with Gasteiger partial charge in [-0.25, -0.2) is 13.1 Å². The first-order valence-corrected chi connectivity index (χ1v) is 8.89. The molecule has 0 atom stereocenters. The van der Waals surface area contributed by atoms with Crippen molar-refractivity contribution >= 4 is 10.0 Å². The van der Waals surface area contributed by atoms with Crippen LogP contribution in [-0.4, -0.2) is 21.6 Å². The first-order chi connectivity index (χ1) is 11.0. The van der Waals surface area contributed by atoms with E-state index >= 15 is 0 Å². The van der Waals surface area contributed by atoms with E-state index in [1.54, 1.807) is 18.2 Å². The number of hydrogen-bond donors (Lipinski definition) is 1. The highest BCUT2D eigenvalue weighted by Crippen LogP contribution is 2.33. The number of benzene rings is 2. The van der Waals surface area contributed by atoms with Gasteiger partial charge in [0, 0.05) is 6.54 Å². The Morgan fingerprint density at radius 1 is 1.04 bits per heavy atom. The molecular weight excluding hydrogens is 314 g/mol. The summed E-state index contributed by atoms with van der Waals surface area (Å²) in [6.45, 7) is 5.04. The molecule has 0 aromatic heterocycles. The molecule has 0 bridgehead atoms. The van der Waals surface area contributed by atoms with Crippen LogP contribution in [0.1, 0.15) is 16.7 Å². The zero-order valence-electron chi connectivity index (χ0n) is 13.1. The van der Waals surface area contributed by atoms with Crippen molar-refractivity contribution in [3.05, 3.63) is 53.1 Å². The van der Waals surface area contributed by atoms with Gasteiger partial charge in [-0.15, -0.1) is 0 Å². The van der Waals surface area contributed by atoms with Gasteiger partial charge >= 0.3 is 0 Å². The second-order valence-electron chi connectivity index (χ2n) is 5.56. The molecule has 0 unspecified atom stereocenters. The molecule has 1 aliphatic heterocycles. The summed E-state index contributed by atoms with van der Waals surface area (Å²) >= 11 is 0. The molecule has 1 heterocycles. The molecule has 1 N–H and O–H groups in total. The van der Waals surface area contributed by atoms with Crippen molar-refractivity contribution in [3.63, 3.8) is 0 Å². The molecular formula is C17H19NO4S. The van der Waals surface area contributed by atoms with Crippen molar-refractivity contribution in [2.75, 3.05) is 13.2 Å². The van der Waals surface area contributed by atoms with Crippen molar-refractivity contribution in [2.45, 2.75) is 25.3 Å². The number of sulfonamides is 1. The van der Waals surface area contributed by atoms with E-state index in [1.807, 2.05) is 32.0 Å². The highest BCUT2D eigenvalue weighted by molar-refractivity contribution is 7.89. The molecule has 0 fully saturated rings. The lowest BCUT2D eigenvalue weighted by atomic mass is 10.1.